The number of halogens is 2. The number of rotatable bonds is 3. The Morgan fingerprint density at radius 1 is 1.25 bits per heavy atom. The Morgan fingerprint density at radius 3 is 2.75 bits per heavy atom. The van der Waals surface area contributed by atoms with Crippen LogP contribution in [0.5, 0.6) is 0 Å². The molecule has 5 heteroatoms. The zero-order valence-corrected chi connectivity index (χ0v) is 13.5. The third-order valence-corrected chi connectivity index (χ3v) is 5.36. The Bertz CT molecular complexity index is 521. The van der Waals surface area contributed by atoms with Crippen LogP contribution in [-0.2, 0) is 6.54 Å². The van der Waals surface area contributed by atoms with Gasteiger partial charge < -0.3 is 10.6 Å². The molecule has 2 fully saturated rings. The average molecular weight is 329 g/mol. The molecular weight excluding hydrogens is 311 g/mol. The Balaban J connectivity index is 1.49. The van der Waals surface area contributed by atoms with Crippen molar-refractivity contribution in [2.24, 2.45) is 11.8 Å². The minimum Gasteiger partial charge on any atom is -0.360 e. The third-order valence-electron chi connectivity index (χ3n) is 4.51. The van der Waals surface area contributed by atoms with Gasteiger partial charge in [-0.05, 0) is 61.0 Å². The maximum absolute atomic E-state index is 6.15. The summed E-state index contributed by atoms with van der Waals surface area (Å²) in [5.74, 6) is 1.74. The molecule has 0 radical (unpaired) electrons. The lowest BCUT2D eigenvalue weighted by molar-refractivity contribution is 0.389. The van der Waals surface area contributed by atoms with Crippen molar-refractivity contribution in [1.82, 2.24) is 10.6 Å². The topological polar surface area (TPSA) is 24.1 Å². The summed E-state index contributed by atoms with van der Waals surface area (Å²) in [6.45, 7) is 0.628. The van der Waals surface area contributed by atoms with Crippen LogP contribution in [-0.4, -0.2) is 11.2 Å². The van der Waals surface area contributed by atoms with Gasteiger partial charge in [0, 0.05) is 22.6 Å². The molecule has 2 aliphatic carbocycles. The molecule has 0 aliphatic heterocycles. The van der Waals surface area contributed by atoms with E-state index < -0.39 is 0 Å². The normalized spacial score (nSPS) is 27.6. The molecule has 2 nitrogen and oxygen atoms in total. The Kier molecular flexibility index (Phi) is 4.39. The van der Waals surface area contributed by atoms with Gasteiger partial charge in [-0.25, -0.2) is 0 Å². The van der Waals surface area contributed by atoms with Crippen molar-refractivity contribution in [3.63, 3.8) is 0 Å². The van der Waals surface area contributed by atoms with Crippen LogP contribution in [0, 0.1) is 11.8 Å². The van der Waals surface area contributed by atoms with Crippen LogP contribution in [0.3, 0.4) is 0 Å². The van der Waals surface area contributed by atoms with E-state index in [0.717, 1.165) is 22.5 Å². The molecule has 3 unspecified atom stereocenters. The summed E-state index contributed by atoms with van der Waals surface area (Å²) >= 11 is 17.4. The number of benzene rings is 1. The molecule has 1 aromatic rings. The summed E-state index contributed by atoms with van der Waals surface area (Å²) in [5.41, 5.74) is 1.01. The Hall–Kier alpha value is -0.510. The van der Waals surface area contributed by atoms with Gasteiger partial charge in [-0.2, -0.15) is 0 Å². The maximum atomic E-state index is 6.15. The first kappa shape index (κ1) is 14.4. The van der Waals surface area contributed by atoms with E-state index in [1.807, 2.05) is 12.1 Å². The predicted molar refractivity (Wildman–Crippen MR) is 88.3 cm³/mol. The van der Waals surface area contributed by atoms with E-state index in [0.29, 0.717) is 22.6 Å². The lowest BCUT2D eigenvalue weighted by Crippen LogP contribution is -2.43. The Labute approximate surface area is 135 Å². The van der Waals surface area contributed by atoms with Gasteiger partial charge in [0.25, 0.3) is 0 Å². The van der Waals surface area contributed by atoms with Crippen molar-refractivity contribution in [2.45, 2.75) is 38.3 Å². The highest BCUT2D eigenvalue weighted by Gasteiger charge is 2.39. The van der Waals surface area contributed by atoms with Crippen LogP contribution in [0.15, 0.2) is 18.2 Å². The molecule has 0 amide bonds. The average Bonchev–Trinajstić information content (AvgIpc) is 3.00. The van der Waals surface area contributed by atoms with Crippen LogP contribution >= 0.6 is 35.4 Å². The first-order chi connectivity index (χ1) is 9.61. The molecule has 0 saturated heterocycles. The van der Waals surface area contributed by atoms with Crippen molar-refractivity contribution in [1.29, 1.82) is 0 Å². The molecule has 0 aromatic heterocycles. The van der Waals surface area contributed by atoms with Crippen molar-refractivity contribution in [3.05, 3.63) is 33.8 Å². The van der Waals surface area contributed by atoms with Crippen molar-refractivity contribution >= 4 is 40.5 Å². The molecular formula is C15H18Cl2N2S. The lowest BCUT2D eigenvalue weighted by Gasteiger charge is -2.24. The van der Waals surface area contributed by atoms with Gasteiger partial charge in [-0.1, -0.05) is 35.7 Å². The summed E-state index contributed by atoms with van der Waals surface area (Å²) in [4.78, 5) is 0. The van der Waals surface area contributed by atoms with Crippen molar-refractivity contribution in [3.8, 4) is 0 Å². The maximum Gasteiger partial charge on any atom is 0.166 e. The molecule has 0 heterocycles. The number of hydrogen-bond donors (Lipinski definition) is 2. The van der Waals surface area contributed by atoms with E-state index >= 15 is 0 Å². The minimum atomic E-state index is 0.564. The molecule has 1 aromatic carbocycles. The second kappa shape index (κ2) is 6.08. The van der Waals surface area contributed by atoms with Gasteiger partial charge in [-0.3, -0.25) is 0 Å². The minimum absolute atomic E-state index is 0.564. The predicted octanol–water partition coefficient (Wildman–Crippen LogP) is 4.15. The van der Waals surface area contributed by atoms with Crippen molar-refractivity contribution < 1.29 is 0 Å². The molecule has 3 rings (SSSR count). The fourth-order valence-electron chi connectivity index (χ4n) is 3.48. The first-order valence-corrected chi connectivity index (χ1v) is 8.26. The zero-order valence-electron chi connectivity index (χ0n) is 11.2. The number of thiocarbonyl (C=S) groups is 1. The second-order valence-electron chi connectivity index (χ2n) is 5.84. The molecule has 108 valence electrons. The monoisotopic (exact) mass is 328 g/mol. The lowest BCUT2D eigenvalue weighted by atomic mass is 9.96. The van der Waals surface area contributed by atoms with E-state index in [4.69, 9.17) is 35.4 Å². The molecule has 2 bridgehead atoms. The van der Waals surface area contributed by atoms with Gasteiger partial charge in [0.1, 0.15) is 0 Å². The van der Waals surface area contributed by atoms with Crippen LogP contribution < -0.4 is 10.6 Å². The third kappa shape index (κ3) is 3.21. The molecule has 0 spiro atoms. The van der Waals surface area contributed by atoms with Gasteiger partial charge in [0.15, 0.2) is 5.11 Å². The fraction of sp³-hybridized carbons (Fsp3) is 0.533. The van der Waals surface area contributed by atoms with Gasteiger partial charge >= 0.3 is 0 Å². The van der Waals surface area contributed by atoms with Crippen LogP contribution in [0.2, 0.25) is 10.0 Å². The summed E-state index contributed by atoms with van der Waals surface area (Å²) in [6, 6.07) is 6.09. The second-order valence-corrected chi connectivity index (χ2v) is 7.10. The first-order valence-electron chi connectivity index (χ1n) is 7.10. The largest absolute Gasteiger partial charge is 0.360 e. The molecule has 2 aliphatic rings. The van der Waals surface area contributed by atoms with Crippen LogP contribution in [0.25, 0.3) is 0 Å². The molecule has 3 atom stereocenters. The highest BCUT2D eigenvalue weighted by atomic mass is 35.5. The fourth-order valence-corrected chi connectivity index (χ4v) is 4.18. The summed E-state index contributed by atoms with van der Waals surface area (Å²) in [5, 5.41) is 8.76. The van der Waals surface area contributed by atoms with E-state index in [1.54, 1.807) is 6.07 Å². The quantitative estimate of drug-likeness (QED) is 0.815. The smallest absolute Gasteiger partial charge is 0.166 e. The number of hydrogen-bond acceptors (Lipinski definition) is 1. The molecule has 2 N–H and O–H groups in total. The molecule has 20 heavy (non-hydrogen) atoms. The number of nitrogens with one attached hydrogen (secondary N) is 2. The van der Waals surface area contributed by atoms with E-state index in [2.05, 4.69) is 10.6 Å². The zero-order chi connectivity index (χ0) is 14.1. The molecule has 2 saturated carbocycles. The van der Waals surface area contributed by atoms with E-state index in [-0.39, 0.29) is 0 Å². The highest BCUT2D eigenvalue weighted by Crippen LogP contribution is 2.44. The van der Waals surface area contributed by atoms with E-state index in [1.165, 1.54) is 25.7 Å². The van der Waals surface area contributed by atoms with Crippen molar-refractivity contribution in [2.75, 3.05) is 0 Å². The summed E-state index contributed by atoms with van der Waals surface area (Å²) in [6.07, 6.45) is 5.41. The SMILES string of the molecule is S=C(NCc1ccc(Cl)cc1Cl)NC1CC2CCC1C2. The highest BCUT2D eigenvalue weighted by molar-refractivity contribution is 7.80. The number of fused-ring (bicyclic) bond motifs is 2. The van der Waals surface area contributed by atoms with Gasteiger partial charge in [0.05, 0.1) is 0 Å². The van der Waals surface area contributed by atoms with E-state index in [9.17, 15) is 0 Å². The summed E-state index contributed by atoms with van der Waals surface area (Å²) in [7, 11) is 0. The van der Waals surface area contributed by atoms with Crippen LogP contribution in [0.4, 0.5) is 0 Å². The van der Waals surface area contributed by atoms with Crippen LogP contribution in [0.1, 0.15) is 31.2 Å². The Morgan fingerprint density at radius 2 is 2.10 bits per heavy atom. The van der Waals surface area contributed by atoms with Gasteiger partial charge in [0.2, 0.25) is 0 Å². The summed E-state index contributed by atoms with van der Waals surface area (Å²) < 4.78 is 0. The van der Waals surface area contributed by atoms with Gasteiger partial charge in [-0.15, -0.1) is 0 Å². The standard InChI is InChI=1S/C15H18Cl2N2S/c16-12-4-3-11(13(17)7-12)8-18-15(20)19-14-6-9-1-2-10(14)5-9/h3-4,7,9-10,14H,1-2,5-6,8H2,(H2,18,19,20).